The molecular weight excluding hydrogens is 272 g/mol. The second kappa shape index (κ2) is 10.7. The van der Waals surface area contributed by atoms with Gasteiger partial charge in [-0.05, 0) is 19.3 Å². The minimum atomic E-state index is -1.78. The maximum Gasteiger partial charge on any atom is 0.323 e. The van der Waals surface area contributed by atoms with E-state index >= 15 is 0 Å². The van der Waals surface area contributed by atoms with Gasteiger partial charge in [-0.1, -0.05) is 26.2 Å². The number of carboxylic acid groups (broad SMARTS) is 1. The summed E-state index contributed by atoms with van der Waals surface area (Å²) >= 11 is 0. The Balaban J connectivity index is 4.75. The molecule has 6 nitrogen and oxygen atoms in total. The van der Waals surface area contributed by atoms with Gasteiger partial charge in [-0.25, -0.2) is 0 Å². The van der Waals surface area contributed by atoms with Gasteiger partial charge in [-0.2, -0.15) is 10.5 Å². The summed E-state index contributed by atoms with van der Waals surface area (Å²) in [4.78, 5) is 23.6. The third kappa shape index (κ3) is 6.27. The van der Waals surface area contributed by atoms with Crippen molar-refractivity contribution in [1.29, 1.82) is 10.5 Å². The Bertz CT molecular complexity index is 402. The van der Waals surface area contributed by atoms with E-state index in [1.54, 1.807) is 0 Å². The summed E-state index contributed by atoms with van der Waals surface area (Å²) in [5.41, 5.74) is -1.78. The van der Waals surface area contributed by atoms with E-state index in [0.717, 1.165) is 19.3 Å². The summed E-state index contributed by atoms with van der Waals surface area (Å²) in [5.74, 6) is -2.16. The number of rotatable bonds is 11. The van der Waals surface area contributed by atoms with Crippen molar-refractivity contribution in [3.8, 4) is 12.1 Å². The van der Waals surface area contributed by atoms with Gasteiger partial charge in [0.15, 0.2) is 5.41 Å². The second-order valence-corrected chi connectivity index (χ2v) is 4.90. The lowest BCUT2D eigenvalue weighted by molar-refractivity contribution is -0.170. The van der Waals surface area contributed by atoms with Crippen molar-refractivity contribution in [2.24, 2.45) is 5.41 Å². The zero-order valence-electron chi connectivity index (χ0n) is 12.4. The molecule has 0 saturated heterocycles. The van der Waals surface area contributed by atoms with Crippen molar-refractivity contribution >= 4 is 11.9 Å². The molecule has 0 aromatic rings. The molecule has 0 amide bonds. The Kier molecular flexibility index (Phi) is 9.62. The van der Waals surface area contributed by atoms with E-state index < -0.39 is 17.4 Å². The largest absolute Gasteiger partial charge is 0.480 e. The van der Waals surface area contributed by atoms with Crippen LogP contribution in [-0.4, -0.2) is 23.7 Å². The average molecular weight is 294 g/mol. The van der Waals surface area contributed by atoms with Crippen LogP contribution in [0.5, 0.6) is 0 Å². The molecule has 0 rings (SSSR count). The number of carboxylic acids is 1. The standard InChI is InChI=1S/C15H22N2O4/c1-2-3-4-5-12-21-14(20)15(13(18)19,8-6-10-16)9-7-11-17/h2-9,12H2,1H3,(H,18,19). The van der Waals surface area contributed by atoms with Crippen LogP contribution >= 0.6 is 0 Å². The highest BCUT2D eigenvalue weighted by molar-refractivity contribution is 5.99. The maximum absolute atomic E-state index is 12.1. The predicted octanol–water partition coefficient (Wildman–Crippen LogP) is 2.79. The Labute approximate surface area is 125 Å². The van der Waals surface area contributed by atoms with Gasteiger partial charge in [0, 0.05) is 12.8 Å². The van der Waals surface area contributed by atoms with Crippen LogP contribution in [0.1, 0.15) is 58.3 Å². The second-order valence-electron chi connectivity index (χ2n) is 4.90. The van der Waals surface area contributed by atoms with E-state index in [4.69, 9.17) is 15.3 Å². The fourth-order valence-electron chi connectivity index (χ4n) is 2.00. The van der Waals surface area contributed by atoms with Gasteiger partial charge in [0.2, 0.25) is 0 Å². The molecule has 21 heavy (non-hydrogen) atoms. The predicted molar refractivity (Wildman–Crippen MR) is 74.9 cm³/mol. The number of aliphatic carboxylic acids is 1. The quantitative estimate of drug-likeness (QED) is 0.356. The smallest absolute Gasteiger partial charge is 0.323 e. The van der Waals surface area contributed by atoms with Crippen LogP contribution in [0.2, 0.25) is 0 Å². The number of unbranched alkanes of at least 4 members (excludes halogenated alkanes) is 3. The van der Waals surface area contributed by atoms with Gasteiger partial charge in [-0.3, -0.25) is 9.59 Å². The topological polar surface area (TPSA) is 111 Å². The molecule has 1 N–H and O–H groups in total. The number of hydrogen-bond donors (Lipinski definition) is 1. The normalized spacial score (nSPS) is 10.4. The number of carbonyl (C=O) groups excluding carboxylic acids is 1. The summed E-state index contributed by atoms with van der Waals surface area (Å²) in [5, 5.41) is 26.6. The molecule has 0 aliphatic heterocycles. The molecule has 0 aliphatic rings. The zero-order valence-corrected chi connectivity index (χ0v) is 12.4. The summed E-state index contributed by atoms with van der Waals surface area (Å²) < 4.78 is 5.07. The lowest BCUT2D eigenvalue weighted by Gasteiger charge is -2.25. The van der Waals surface area contributed by atoms with Gasteiger partial charge in [0.1, 0.15) is 0 Å². The number of hydrogen-bond acceptors (Lipinski definition) is 5. The molecule has 0 spiro atoms. The Morgan fingerprint density at radius 1 is 1.10 bits per heavy atom. The van der Waals surface area contributed by atoms with Crippen LogP contribution in [0.4, 0.5) is 0 Å². The monoisotopic (exact) mass is 294 g/mol. The van der Waals surface area contributed by atoms with E-state index in [0.29, 0.717) is 6.42 Å². The molecule has 0 bridgehead atoms. The van der Waals surface area contributed by atoms with Crippen molar-refractivity contribution < 1.29 is 19.4 Å². The lowest BCUT2D eigenvalue weighted by Crippen LogP contribution is -2.41. The van der Waals surface area contributed by atoms with Crippen molar-refractivity contribution in [3.05, 3.63) is 0 Å². The molecule has 0 atom stereocenters. The molecule has 0 fully saturated rings. The lowest BCUT2D eigenvalue weighted by atomic mass is 9.79. The van der Waals surface area contributed by atoms with E-state index in [-0.39, 0.29) is 32.3 Å². The molecule has 0 saturated carbocycles. The average Bonchev–Trinajstić information content (AvgIpc) is 2.47. The number of esters is 1. The van der Waals surface area contributed by atoms with E-state index in [2.05, 4.69) is 6.92 Å². The Morgan fingerprint density at radius 2 is 1.67 bits per heavy atom. The van der Waals surface area contributed by atoms with Crippen LogP contribution in [0.25, 0.3) is 0 Å². The van der Waals surface area contributed by atoms with Crippen LogP contribution in [0.3, 0.4) is 0 Å². The Morgan fingerprint density at radius 3 is 2.10 bits per heavy atom. The van der Waals surface area contributed by atoms with Crippen molar-refractivity contribution in [1.82, 2.24) is 0 Å². The molecule has 0 aromatic heterocycles. The van der Waals surface area contributed by atoms with Crippen LogP contribution in [0.15, 0.2) is 0 Å². The first kappa shape index (κ1) is 18.9. The fourth-order valence-corrected chi connectivity index (χ4v) is 2.00. The Hall–Kier alpha value is -2.08. The zero-order chi connectivity index (χ0) is 16.1. The molecule has 0 unspecified atom stereocenters. The third-order valence-corrected chi connectivity index (χ3v) is 3.36. The summed E-state index contributed by atoms with van der Waals surface area (Å²) in [6.45, 7) is 2.23. The fraction of sp³-hybridized carbons (Fsp3) is 0.733. The van der Waals surface area contributed by atoms with Crippen molar-refractivity contribution in [3.63, 3.8) is 0 Å². The first-order valence-corrected chi connectivity index (χ1v) is 7.19. The highest BCUT2D eigenvalue weighted by Gasteiger charge is 2.46. The molecule has 0 aromatic carbocycles. The molecule has 0 aliphatic carbocycles. The van der Waals surface area contributed by atoms with E-state index in [1.165, 1.54) is 0 Å². The number of carbonyl (C=O) groups is 2. The first-order chi connectivity index (χ1) is 10.0. The van der Waals surface area contributed by atoms with Crippen molar-refractivity contribution in [2.75, 3.05) is 6.61 Å². The number of ether oxygens (including phenoxy) is 1. The minimum Gasteiger partial charge on any atom is -0.480 e. The van der Waals surface area contributed by atoms with Gasteiger partial charge in [0.05, 0.1) is 18.7 Å². The molecule has 116 valence electrons. The van der Waals surface area contributed by atoms with E-state index in [9.17, 15) is 14.7 Å². The third-order valence-electron chi connectivity index (χ3n) is 3.36. The summed E-state index contributed by atoms with van der Waals surface area (Å²) in [6, 6.07) is 3.68. The number of nitriles is 2. The maximum atomic E-state index is 12.1. The van der Waals surface area contributed by atoms with Crippen LogP contribution in [-0.2, 0) is 14.3 Å². The highest BCUT2D eigenvalue weighted by Crippen LogP contribution is 2.32. The number of nitrogens with zero attached hydrogens (tertiary/aromatic N) is 2. The van der Waals surface area contributed by atoms with Crippen molar-refractivity contribution in [2.45, 2.75) is 58.3 Å². The van der Waals surface area contributed by atoms with Gasteiger partial charge >= 0.3 is 11.9 Å². The van der Waals surface area contributed by atoms with E-state index in [1.807, 2.05) is 12.1 Å². The highest BCUT2D eigenvalue weighted by atomic mass is 16.5. The van der Waals surface area contributed by atoms with Gasteiger partial charge in [-0.15, -0.1) is 0 Å². The van der Waals surface area contributed by atoms with Crippen LogP contribution in [0, 0.1) is 28.1 Å². The molecule has 0 radical (unpaired) electrons. The molecule has 6 heteroatoms. The molecule has 0 heterocycles. The minimum absolute atomic E-state index is 0.0668. The first-order valence-electron chi connectivity index (χ1n) is 7.19. The van der Waals surface area contributed by atoms with Gasteiger partial charge < -0.3 is 9.84 Å². The van der Waals surface area contributed by atoms with Crippen LogP contribution < -0.4 is 0 Å². The summed E-state index contributed by atoms with van der Waals surface area (Å²) in [6.07, 6.45) is 3.29. The SMILES string of the molecule is CCCCCCOC(=O)C(CCC#N)(CCC#N)C(=O)O. The molecular formula is C15H22N2O4. The summed E-state index contributed by atoms with van der Waals surface area (Å²) in [7, 11) is 0. The van der Waals surface area contributed by atoms with Gasteiger partial charge in [0.25, 0.3) is 0 Å².